The van der Waals surface area contributed by atoms with E-state index in [4.69, 9.17) is 14.6 Å². The molecule has 0 spiro atoms. The lowest BCUT2D eigenvalue weighted by Gasteiger charge is -2.40. The molecule has 0 bridgehead atoms. The number of hydrogen-bond acceptors (Lipinski definition) is 6. The summed E-state index contributed by atoms with van der Waals surface area (Å²) in [6, 6.07) is 0. The molecule has 6 heteroatoms. The van der Waals surface area contributed by atoms with Crippen molar-refractivity contribution in [3.63, 3.8) is 0 Å². The van der Waals surface area contributed by atoms with E-state index < -0.39 is 30.5 Å². The first kappa shape index (κ1) is 21.1. The molecule has 5 unspecified atom stereocenters. The Labute approximate surface area is 116 Å². The third kappa shape index (κ3) is 6.65. The molecule has 1 aliphatic heterocycles. The van der Waals surface area contributed by atoms with Gasteiger partial charge in [0.2, 0.25) is 0 Å². The Bertz CT molecular complexity index is 172. The number of rotatable bonds is 4. The molecule has 4 N–H and O–H groups in total. The Hall–Kier alpha value is -0.240. The molecule has 0 aromatic rings. The van der Waals surface area contributed by atoms with E-state index in [9.17, 15) is 15.3 Å². The minimum absolute atomic E-state index is 0.213. The Morgan fingerprint density at radius 3 is 1.84 bits per heavy atom. The summed E-state index contributed by atoms with van der Waals surface area (Å²) in [4.78, 5) is 0. The fourth-order valence-corrected chi connectivity index (χ4v) is 1.85. The molecule has 1 heterocycles. The third-order valence-electron chi connectivity index (χ3n) is 2.72. The number of aliphatic hydroxyl groups is 4. The Morgan fingerprint density at radius 1 is 0.947 bits per heavy atom. The average Bonchev–Trinajstić information content (AvgIpc) is 2.46. The largest absolute Gasteiger partial charge is 0.400 e. The van der Waals surface area contributed by atoms with Crippen molar-refractivity contribution < 1.29 is 29.9 Å². The zero-order chi connectivity index (χ0) is 15.4. The molecule has 0 aromatic carbocycles. The maximum atomic E-state index is 9.65. The molecule has 19 heavy (non-hydrogen) atoms. The highest BCUT2D eigenvalue weighted by Gasteiger charge is 2.42. The zero-order valence-corrected chi connectivity index (χ0v) is 12.6. The van der Waals surface area contributed by atoms with Gasteiger partial charge in [-0.15, -0.1) is 0 Å². The fraction of sp³-hybridized carbons (Fsp3) is 1.00. The minimum Gasteiger partial charge on any atom is -0.400 e. The van der Waals surface area contributed by atoms with Crippen LogP contribution in [0.5, 0.6) is 0 Å². The van der Waals surface area contributed by atoms with Crippen LogP contribution >= 0.6 is 0 Å². The second kappa shape index (κ2) is 12.8. The fourth-order valence-electron chi connectivity index (χ4n) is 1.85. The molecule has 6 nitrogen and oxygen atoms in total. The second-order valence-electron chi connectivity index (χ2n) is 3.93. The van der Waals surface area contributed by atoms with Crippen LogP contribution in [0.25, 0.3) is 0 Å². The van der Waals surface area contributed by atoms with Gasteiger partial charge in [-0.3, -0.25) is 0 Å². The number of aliphatic hydroxyl groups excluding tert-OH is 4. The van der Waals surface area contributed by atoms with Gasteiger partial charge in [0.15, 0.2) is 0 Å². The van der Waals surface area contributed by atoms with E-state index in [0.717, 1.165) is 13.5 Å². The van der Waals surface area contributed by atoms with Gasteiger partial charge in [-0.25, -0.2) is 0 Å². The third-order valence-corrected chi connectivity index (χ3v) is 2.72. The van der Waals surface area contributed by atoms with Crippen molar-refractivity contribution in [1.29, 1.82) is 0 Å². The summed E-state index contributed by atoms with van der Waals surface area (Å²) in [7, 11) is 2.50. The van der Waals surface area contributed by atoms with Crippen molar-refractivity contribution in [3.8, 4) is 0 Å². The van der Waals surface area contributed by atoms with Gasteiger partial charge in [-0.05, 0) is 6.42 Å². The molecule has 0 aromatic heterocycles. The van der Waals surface area contributed by atoms with E-state index >= 15 is 0 Å². The molecule has 1 rings (SSSR count). The maximum Gasteiger partial charge on any atom is 0.111 e. The molecule has 118 valence electrons. The SMILES string of the molecule is CC.CCCC1OC(COC)C(O)C(O)C1O.CO. The summed E-state index contributed by atoms with van der Waals surface area (Å²) in [6.45, 7) is 6.18. The van der Waals surface area contributed by atoms with Gasteiger partial charge in [0.05, 0.1) is 12.7 Å². The Kier molecular flexibility index (Phi) is 14.2. The Balaban J connectivity index is 0. The first-order chi connectivity index (χ1) is 9.11. The normalized spacial score (nSPS) is 33.6. The predicted octanol–water partition coefficient (Wildman–Crippen LogP) is -0.0823. The number of ether oxygens (including phenoxy) is 2. The van der Waals surface area contributed by atoms with Crippen molar-refractivity contribution in [3.05, 3.63) is 0 Å². The monoisotopic (exact) mass is 282 g/mol. The molecule has 1 fully saturated rings. The van der Waals surface area contributed by atoms with Gasteiger partial charge in [0.25, 0.3) is 0 Å². The average molecular weight is 282 g/mol. The molecular weight excluding hydrogens is 252 g/mol. The molecule has 0 radical (unpaired) electrons. The number of methoxy groups -OCH3 is 1. The van der Waals surface area contributed by atoms with Crippen molar-refractivity contribution in [1.82, 2.24) is 0 Å². The van der Waals surface area contributed by atoms with Crippen molar-refractivity contribution in [2.24, 2.45) is 0 Å². The number of hydrogen-bond donors (Lipinski definition) is 4. The zero-order valence-electron chi connectivity index (χ0n) is 12.6. The lowest BCUT2D eigenvalue weighted by Crippen LogP contribution is -2.58. The molecular formula is C13H30O6. The summed E-state index contributed by atoms with van der Waals surface area (Å²) in [6.07, 6.45) is -2.75. The summed E-state index contributed by atoms with van der Waals surface area (Å²) < 4.78 is 10.4. The molecule has 1 aliphatic rings. The van der Waals surface area contributed by atoms with Crippen molar-refractivity contribution in [2.75, 3.05) is 20.8 Å². The van der Waals surface area contributed by atoms with E-state index in [1.807, 2.05) is 20.8 Å². The van der Waals surface area contributed by atoms with Crippen LogP contribution in [0.2, 0.25) is 0 Å². The van der Waals surface area contributed by atoms with Crippen LogP contribution < -0.4 is 0 Å². The summed E-state index contributed by atoms with van der Waals surface area (Å²) >= 11 is 0. The highest BCUT2D eigenvalue weighted by molar-refractivity contribution is 4.91. The lowest BCUT2D eigenvalue weighted by molar-refractivity contribution is -0.232. The van der Waals surface area contributed by atoms with E-state index in [1.165, 1.54) is 7.11 Å². The smallest absolute Gasteiger partial charge is 0.111 e. The van der Waals surface area contributed by atoms with Crippen molar-refractivity contribution >= 4 is 0 Å². The molecule has 5 atom stereocenters. The molecule has 0 amide bonds. The standard InChI is InChI=1S/C10H20O5.C2H6.CH4O/c1-3-4-6-8(11)10(13)9(12)7(15-6)5-14-2;2*1-2/h6-13H,3-5H2,1-2H3;1-2H3;2H,1H3. The highest BCUT2D eigenvalue weighted by Crippen LogP contribution is 2.24. The van der Waals surface area contributed by atoms with Crippen LogP contribution in [0.1, 0.15) is 33.6 Å². The van der Waals surface area contributed by atoms with Crippen LogP contribution in [-0.4, -0.2) is 71.8 Å². The van der Waals surface area contributed by atoms with E-state index in [-0.39, 0.29) is 6.61 Å². The topological polar surface area (TPSA) is 99.4 Å². The quantitative estimate of drug-likeness (QED) is 0.575. The van der Waals surface area contributed by atoms with Crippen LogP contribution in [0.15, 0.2) is 0 Å². The van der Waals surface area contributed by atoms with Gasteiger partial charge in [-0.2, -0.15) is 0 Å². The van der Waals surface area contributed by atoms with Crippen LogP contribution in [-0.2, 0) is 9.47 Å². The summed E-state index contributed by atoms with van der Waals surface area (Å²) in [5.41, 5.74) is 0. The van der Waals surface area contributed by atoms with Crippen LogP contribution in [0.4, 0.5) is 0 Å². The summed E-state index contributed by atoms with van der Waals surface area (Å²) in [5, 5.41) is 35.9. The maximum absolute atomic E-state index is 9.65. The first-order valence-corrected chi connectivity index (χ1v) is 6.75. The van der Waals surface area contributed by atoms with Gasteiger partial charge in [0, 0.05) is 14.2 Å². The molecule has 0 saturated carbocycles. The Morgan fingerprint density at radius 2 is 1.42 bits per heavy atom. The lowest BCUT2D eigenvalue weighted by atomic mass is 9.93. The highest BCUT2D eigenvalue weighted by atomic mass is 16.6. The summed E-state index contributed by atoms with van der Waals surface area (Å²) in [5.74, 6) is 0. The van der Waals surface area contributed by atoms with Crippen LogP contribution in [0.3, 0.4) is 0 Å². The van der Waals surface area contributed by atoms with E-state index in [2.05, 4.69) is 0 Å². The molecule has 1 saturated heterocycles. The van der Waals surface area contributed by atoms with Gasteiger partial charge >= 0.3 is 0 Å². The first-order valence-electron chi connectivity index (χ1n) is 6.75. The van der Waals surface area contributed by atoms with Crippen LogP contribution in [0, 0.1) is 0 Å². The van der Waals surface area contributed by atoms with E-state index in [1.54, 1.807) is 0 Å². The second-order valence-corrected chi connectivity index (χ2v) is 3.93. The van der Waals surface area contributed by atoms with E-state index in [0.29, 0.717) is 6.42 Å². The predicted molar refractivity (Wildman–Crippen MR) is 73.0 cm³/mol. The van der Waals surface area contributed by atoms with Gasteiger partial charge in [-0.1, -0.05) is 27.2 Å². The molecule has 0 aliphatic carbocycles. The van der Waals surface area contributed by atoms with Gasteiger partial charge in [0.1, 0.15) is 24.4 Å². The minimum atomic E-state index is -1.16. The van der Waals surface area contributed by atoms with Gasteiger partial charge < -0.3 is 29.9 Å². The van der Waals surface area contributed by atoms with Crippen molar-refractivity contribution in [2.45, 2.75) is 64.1 Å².